The van der Waals surface area contributed by atoms with Gasteiger partial charge in [0.1, 0.15) is 0 Å². The molecule has 0 saturated carbocycles. The Balaban J connectivity index is 0.00000274. The Kier molecular flexibility index (Phi) is 8.58. The fraction of sp³-hybridized carbons (Fsp3) is 0.385. The smallest absolute Gasteiger partial charge is 0.193 e. The Hall–Kier alpha value is -2.43. The first-order valence-electron chi connectivity index (χ1n) is 11.7. The molecule has 3 heterocycles. The lowest BCUT2D eigenvalue weighted by Crippen LogP contribution is -2.50. The zero-order chi connectivity index (χ0) is 22.5. The molecule has 2 fully saturated rings. The van der Waals surface area contributed by atoms with Crippen LogP contribution in [-0.4, -0.2) is 77.5 Å². The van der Waals surface area contributed by atoms with E-state index < -0.39 is 0 Å². The first-order valence-corrected chi connectivity index (χ1v) is 11.7. The molecule has 0 spiro atoms. The van der Waals surface area contributed by atoms with Gasteiger partial charge in [0.2, 0.25) is 0 Å². The summed E-state index contributed by atoms with van der Waals surface area (Å²) in [5, 5.41) is 8.05. The van der Waals surface area contributed by atoms with Gasteiger partial charge in [0.15, 0.2) is 5.96 Å². The van der Waals surface area contributed by atoms with Crippen molar-refractivity contribution in [2.24, 2.45) is 4.99 Å². The van der Waals surface area contributed by atoms with Crippen molar-refractivity contribution in [2.75, 3.05) is 39.8 Å². The van der Waals surface area contributed by atoms with Gasteiger partial charge in [-0.05, 0) is 29.7 Å². The van der Waals surface area contributed by atoms with Gasteiger partial charge >= 0.3 is 0 Å². The minimum atomic E-state index is 0. The maximum absolute atomic E-state index is 6.14. The molecule has 2 atom stereocenters. The molecule has 7 nitrogen and oxygen atoms in total. The van der Waals surface area contributed by atoms with Gasteiger partial charge in [-0.1, -0.05) is 48.5 Å². The molecule has 0 bridgehead atoms. The summed E-state index contributed by atoms with van der Waals surface area (Å²) in [7, 11) is 1.86. The number of hydrogen-bond donors (Lipinski definition) is 1. The number of morpholine rings is 1. The predicted molar refractivity (Wildman–Crippen MR) is 146 cm³/mol. The number of guanidine groups is 1. The lowest BCUT2D eigenvalue weighted by atomic mass is 10.1. The minimum absolute atomic E-state index is 0. The molecule has 3 aromatic rings. The number of halogens is 1. The van der Waals surface area contributed by atoms with E-state index in [1.54, 1.807) is 0 Å². The molecular weight excluding hydrogens is 539 g/mol. The van der Waals surface area contributed by atoms with Crippen molar-refractivity contribution in [2.45, 2.75) is 25.1 Å². The molecule has 34 heavy (non-hydrogen) atoms. The number of para-hydroxylation sites is 1. The highest BCUT2D eigenvalue weighted by molar-refractivity contribution is 14.0. The van der Waals surface area contributed by atoms with Gasteiger partial charge in [0, 0.05) is 46.0 Å². The fourth-order valence-corrected chi connectivity index (χ4v) is 4.81. The largest absolute Gasteiger partial charge is 0.373 e. The quantitative estimate of drug-likeness (QED) is 0.280. The number of hydrogen-bond acceptors (Lipinski definition) is 4. The van der Waals surface area contributed by atoms with Gasteiger partial charge in [-0.15, -0.1) is 24.0 Å². The third kappa shape index (κ3) is 5.79. The second kappa shape index (κ2) is 11.8. The summed E-state index contributed by atoms with van der Waals surface area (Å²) in [5.41, 5.74) is 3.64. The summed E-state index contributed by atoms with van der Waals surface area (Å²) in [5.74, 6) is 0.947. The SMILES string of the molecule is CN=C(NCCc1cnn(-c2ccccc2)c1)N1CC2OCCN(Cc3ccccc3)C2C1.I. The summed E-state index contributed by atoms with van der Waals surface area (Å²) >= 11 is 0. The number of likely N-dealkylation sites (tertiary alicyclic amines) is 1. The van der Waals surface area contributed by atoms with E-state index in [1.165, 1.54) is 11.1 Å². The monoisotopic (exact) mass is 572 g/mol. The van der Waals surface area contributed by atoms with Crippen molar-refractivity contribution in [3.63, 3.8) is 0 Å². The zero-order valence-corrected chi connectivity index (χ0v) is 21.9. The van der Waals surface area contributed by atoms with Crippen molar-refractivity contribution in [3.05, 3.63) is 84.2 Å². The molecule has 8 heteroatoms. The third-order valence-electron chi connectivity index (χ3n) is 6.51. The van der Waals surface area contributed by atoms with Gasteiger partial charge in [-0.2, -0.15) is 5.10 Å². The summed E-state index contributed by atoms with van der Waals surface area (Å²) in [6, 6.07) is 21.3. The normalized spacial score (nSPS) is 20.6. The van der Waals surface area contributed by atoms with Crippen LogP contribution in [0, 0.1) is 0 Å². The van der Waals surface area contributed by atoms with Crippen LogP contribution < -0.4 is 5.32 Å². The van der Waals surface area contributed by atoms with E-state index in [0.717, 1.165) is 57.4 Å². The number of nitrogens with one attached hydrogen (secondary N) is 1. The summed E-state index contributed by atoms with van der Waals surface area (Å²) in [4.78, 5) is 9.46. The number of aliphatic imine (C=N–C) groups is 1. The molecule has 2 aliphatic heterocycles. The molecular formula is C26H33IN6O. The van der Waals surface area contributed by atoms with E-state index in [9.17, 15) is 0 Å². The lowest BCUT2D eigenvalue weighted by molar-refractivity contribution is -0.0502. The molecule has 2 aliphatic rings. The zero-order valence-electron chi connectivity index (χ0n) is 19.6. The van der Waals surface area contributed by atoms with E-state index in [1.807, 2.05) is 36.1 Å². The van der Waals surface area contributed by atoms with Crippen molar-refractivity contribution >= 4 is 29.9 Å². The number of nitrogens with zero attached hydrogens (tertiary/aromatic N) is 5. The van der Waals surface area contributed by atoms with Crippen LogP contribution in [0.4, 0.5) is 0 Å². The van der Waals surface area contributed by atoms with Gasteiger partial charge in [-0.25, -0.2) is 4.68 Å². The van der Waals surface area contributed by atoms with E-state index >= 15 is 0 Å². The highest BCUT2D eigenvalue weighted by Gasteiger charge is 2.41. The molecule has 2 unspecified atom stereocenters. The summed E-state index contributed by atoms with van der Waals surface area (Å²) < 4.78 is 8.06. The molecule has 5 rings (SSSR count). The standard InChI is InChI=1S/C26H32N6O.HI/c1-27-26(28-13-12-22-16-29-32(18-22)23-10-6-3-7-11-23)31-19-24-25(20-31)33-15-14-30(24)17-21-8-4-2-5-9-21;/h2-11,16,18,24-25H,12-15,17,19-20H2,1H3,(H,27,28);1H. The summed E-state index contributed by atoms with van der Waals surface area (Å²) in [6.45, 7) is 5.36. The van der Waals surface area contributed by atoms with Crippen molar-refractivity contribution in [1.29, 1.82) is 0 Å². The molecule has 0 radical (unpaired) electrons. The van der Waals surface area contributed by atoms with Crippen LogP contribution in [0.15, 0.2) is 78.0 Å². The number of rotatable bonds is 6. The van der Waals surface area contributed by atoms with Gasteiger partial charge < -0.3 is 15.0 Å². The van der Waals surface area contributed by atoms with Crippen molar-refractivity contribution < 1.29 is 4.74 Å². The predicted octanol–water partition coefficient (Wildman–Crippen LogP) is 3.19. The van der Waals surface area contributed by atoms with E-state index in [2.05, 4.69) is 73.9 Å². The average molecular weight is 572 g/mol. The van der Waals surface area contributed by atoms with Crippen LogP contribution >= 0.6 is 24.0 Å². The first-order chi connectivity index (χ1) is 16.3. The topological polar surface area (TPSA) is 57.9 Å². The minimum Gasteiger partial charge on any atom is -0.373 e. The van der Waals surface area contributed by atoms with Crippen LogP contribution in [0.5, 0.6) is 0 Å². The Bertz CT molecular complexity index is 1060. The van der Waals surface area contributed by atoms with Crippen LogP contribution in [0.2, 0.25) is 0 Å². The molecule has 0 amide bonds. The molecule has 1 N–H and O–H groups in total. The Morgan fingerprint density at radius 1 is 1.06 bits per heavy atom. The number of ether oxygens (including phenoxy) is 1. The second-order valence-electron chi connectivity index (χ2n) is 8.69. The van der Waals surface area contributed by atoms with Crippen LogP contribution in [-0.2, 0) is 17.7 Å². The van der Waals surface area contributed by atoms with Crippen molar-refractivity contribution in [1.82, 2.24) is 24.9 Å². The van der Waals surface area contributed by atoms with Gasteiger partial charge in [0.05, 0.1) is 30.6 Å². The maximum atomic E-state index is 6.14. The van der Waals surface area contributed by atoms with Crippen molar-refractivity contribution in [3.8, 4) is 5.69 Å². The maximum Gasteiger partial charge on any atom is 0.193 e. The average Bonchev–Trinajstić information content (AvgIpc) is 3.51. The lowest BCUT2D eigenvalue weighted by Gasteiger charge is -2.36. The van der Waals surface area contributed by atoms with Crippen LogP contribution in [0.1, 0.15) is 11.1 Å². The second-order valence-corrected chi connectivity index (χ2v) is 8.69. The number of benzene rings is 2. The molecule has 2 saturated heterocycles. The van der Waals surface area contributed by atoms with Gasteiger partial charge in [0.25, 0.3) is 0 Å². The summed E-state index contributed by atoms with van der Waals surface area (Å²) in [6.07, 6.45) is 5.16. The number of aromatic nitrogens is 2. The Morgan fingerprint density at radius 3 is 2.59 bits per heavy atom. The van der Waals surface area contributed by atoms with E-state index in [-0.39, 0.29) is 30.1 Å². The molecule has 2 aromatic carbocycles. The van der Waals surface area contributed by atoms with Gasteiger partial charge in [-0.3, -0.25) is 9.89 Å². The Morgan fingerprint density at radius 2 is 1.82 bits per heavy atom. The highest BCUT2D eigenvalue weighted by Crippen LogP contribution is 2.24. The fourth-order valence-electron chi connectivity index (χ4n) is 4.81. The number of fused-ring (bicyclic) bond motifs is 1. The van der Waals surface area contributed by atoms with Crippen LogP contribution in [0.25, 0.3) is 5.69 Å². The highest BCUT2D eigenvalue weighted by atomic mass is 127. The Labute approximate surface area is 218 Å². The molecule has 180 valence electrons. The van der Waals surface area contributed by atoms with E-state index in [0.29, 0.717) is 6.04 Å². The first kappa shape index (κ1) is 24.7. The van der Waals surface area contributed by atoms with Crippen LogP contribution in [0.3, 0.4) is 0 Å². The molecule has 0 aliphatic carbocycles. The van der Waals surface area contributed by atoms with E-state index in [4.69, 9.17) is 4.74 Å². The third-order valence-corrected chi connectivity index (χ3v) is 6.51. The molecule has 1 aromatic heterocycles.